The molecular formula is C19H18N4O2. The average molecular weight is 334 g/mol. The molecule has 6 heteroatoms. The Morgan fingerprint density at radius 1 is 0.800 bits per heavy atom. The number of carbonyl (C=O) groups is 2. The Hall–Kier alpha value is -3.41. The van der Waals surface area contributed by atoms with E-state index in [0.717, 1.165) is 11.1 Å². The van der Waals surface area contributed by atoms with Crippen LogP contribution in [0.2, 0.25) is 0 Å². The highest BCUT2D eigenvalue weighted by molar-refractivity contribution is 5.97. The molecule has 0 unspecified atom stereocenters. The minimum Gasteiger partial charge on any atom is -0.347 e. The molecule has 1 heterocycles. The number of rotatable bonds is 6. The summed E-state index contributed by atoms with van der Waals surface area (Å²) in [6.45, 7) is 0.816. The minimum absolute atomic E-state index is 0.181. The van der Waals surface area contributed by atoms with E-state index in [4.69, 9.17) is 0 Å². The first kappa shape index (κ1) is 16.4. The lowest BCUT2D eigenvalue weighted by Crippen LogP contribution is -2.24. The fourth-order valence-corrected chi connectivity index (χ4v) is 2.30. The number of hydrogen-bond acceptors (Lipinski definition) is 3. The van der Waals surface area contributed by atoms with E-state index in [-0.39, 0.29) is 23.2 Å². The van der Waals surface area contributed by atoms with Crippen LogP contribution in [0.25, 0.3) is 0 Å². The summed E-state index contributed by atoms with van der Waals surface area (Å²) < 4.78 is 0. The second kappa shape index (κ2) is 7.92. The summed E-state index contributed by atoms with van der Waals surface area (Å²) in [7, 11) is 0. The third-order valence-electron chi connectivity index (χ3n) is 3.65. The highest BCUT2D eigenvalue weighted by Gasteiger charge is 2.14. The van der Waals surface area contributed by atoms with Gasteiger partial charge in [-0.05, 0) is 11.1 Å². The fourth-order valence-electron chi connectivity index (χ4n) is 2.30. The van der Waals surface area contributed by atoms with Crippen molar-refractivity contribution >= 4 is 11.8 Å². The maximum atomic E-state index is 12.1. The van der Waals surface area contributed by atoms with Crippen molar-refractivity contribution in [2.75, 3.05) is 0 Å². The van der Waals surface area contributed by atoms with Gasteiger partial charge >= 0.3 is 0 Å². The molecule has 1 aromatic heterocycles. The van der Waals surface area contributed by atoms with Crippen molar-refractivity contribution in [3.05, 3.63) is 89.2 Å². The van der Waals surface area contributed by atoms with Gasteiger partial charge in [-0.25, -0.2) is 0 Å². The van der Waals surface area contributed by atoms with E-state index in [0.29, 0.717) is 13.1 Å². The molecule has 0 radical (unpaired) electrons. The van der Waals surface area contributed by atoms with E-state index in [1.807, 2.05) is 60.7 Å². The van der Waals surface area contributed by atoms with Gasteiger partial charge in [0, 0.05) is 19.2 Å². The summed E-state index contributed by atoms with van der Waals surface area (Å²) in [4.78, 5) is 24.2. The molecule has 3 N–H and O–H groups in total. The van der Waals surface area contributed by atoms with Gasteiger partial charge in [0.15, 0.2) is 5.69 Å². The van der Waals surface area contributed by atoms with Crippen molar-refractivity contribution in [2.24, 2.45) is 0 Å². The third kappa shape index (κ3) is 4.54. The van der Waals surface area contributed by atoms with Gasteiger partial charge in [-0.2, -0.15) is 5.10 Å². The number of aromatic amines is 1. The van der Waals surface area contributed by atoms with Gasteiger partial charge in [0.05, 0.1) is 0 Å². The summed E-state index contributed by atoms with van der Waals surface area (Å²) in [6.07, 6.45) is 0. The molecule has 2 aromatic carbocycles. The molecule has 0 aliphatic heterocycles. The van der Waals surface area contributed by atoms with Crippen LogP contribution in [0.1, 0.15) is 32.1 Å². The first-order valence-corrected chi connectivity index (χ1v) is 7.92. The van der Waals surface area contributed by atoms with Gasteiger partial charge in [0.25, 0.3) is 11.8 Å². The van der Waals surface area contributed by atoms with Gasteiger partial charge in [-0.3, -0.25) is 14.7 Å². The van der Waals surface area contributed by atoms with E-state index in [9.17, 15) is 9.59 Å². The monoisotopic (exact) mass is 334 g/mol. The number of aromatic nitrogens is 2. The molecule has 0 bridgehead atoms. The molecule has 0 spiro atoms. The molecule has 0 aliphatic carbocycles. The molecule has 0 atom stereocenters. The Kier molecular flexibility index (Phi) is 5.21. The van der Waals surface area contributed by atoms with Gasteiger partial charge in [0.1, 0.15) is 5.69 Å². The number of carbonyl (C=O) groups excluding carboxylic acids is 2. The van der Waals surface area contributed by atoms with Gasteiger partial charge in [-0.1, -0.05) is 60.7 Å². The fraction of sp³-hybridized carbons (Fsp3) is 0.105. The topological polar surface area (TPSA) is 86.9 Å². The number of nitrogens with zero attached hydrogens (tertiary/aromatic N) is 1. The molecule has 25 heavy (non-hydrogen) atoms. The summed E-state index contributed by atoms with van der Waals surface area (Å²) in [5, 5.41) is 12.1. The summed E-state index contributed by atoms with van der Waals surface area (Å²) in [5.74, 6) is -0.638. The molecular weight excluding hydrogens is 316 g/mol. The van der Waals surface area contributed by atoms with E-state index in [2.05, 4.69) is 20.8 Å². The van der Waals surface area contributed by atoms with E-state index in [1.54, 1.807) is 0 Å². The molecule has 3 rings (SSSR count). The number of benzene rings is 2. The van der Waals surface area contributed by atoms with Crippen LogP contribution >= 0.6 is 0 Å². The molecule has 0 aliphatic rings. The standard InChI is InChI=1S/C19H18N4O2/c24-18(20-12-14-7-3-1-4-8-14)16-11-17(23-22-16)19(25)21-13-15-9-5-2-6-10-15/h1-11H,12-13H2,(H,20,24)(H,21,25)(H,22,23). The van der Waals surface area contributed by atoms with E-state index >= 15 is 0 Å². The molecule has 0 saturated heterocycles. The van der Waals surface area contributed by atoms with Crippen LogP contribution in [-0.4, -0.2) is 22.0 Å². The summed E-state index contributed by atoms with van der Waals surface area (Å²) in [6, 6.07) is 20.6. The van der Waals surface area contributed by atoms with Crippen LogP contribution in [0.4, 0.5) is 0 Å². The van der Waals surface area contributed by atoms with Gasteiger partial charge in [0.2, 0.25) is 0 Å². The zero-order chi connectivity index (χ0) is 17.5. The Morgan fingerprint density at radius 2 is 1.32 bits per heavy atom. The summed E-state index contributed by atoms with van der Waals surface area (Å²) >= 11 is 0. The lowest BCUT2D eigenvalue weighted by Gasteiger charge is -2.03. The number of H-pyrrole nitrogens is 1. The van der Waals surface area contributed by atoms with E-state index in [1.165, 1.54) is 6.07 Å². The van der Waals surface area contributed by atoms with Crippen molar-refractivity contribution in [1.82, 2.24) is 20.8 Å². The van der Waals surface area contributed by atoms with Crippen molar-refractivity contribution in [1.29, 1.82) is 0 Å². The van der Waals surface area contributed by atoms with Crippen molar-refractivity contribution in [3.63, 3.8) is 0 Å². The van der Waals surface area contributed by atoms with Crippen LogP contribution in [0, 0.1) is 0 Å². The largest absolute Gasteiger partial charge is 0.347 e. The highest BCUT2D eigenvalue weighted by Crippen LogP contribution is 2.03. The second-order valence-corrected chi connectivity index (χ2v) is 5.50. The SMILES string of the molecule is O=C(NCc1ccccc1)c1cc(C(=O)NCc2ccccc2)[nH]n1. The molecule has 3 aromatic rings. The lowest BCUT2D eigenvalue weighted by atomic mass is 10.2. The maximum absolute atomic E-state index is 12.1. The van der Waals surface area contributed by atoms with Crippen LogP contribution in [-0.2, 0) is 13.1 Å². The van der Waals surface area contributed by atoms with Gasteiger partial charge in [-0.15, -0.1) is 0 Å². The normalized spacial score (nSPS) is 10.2. The molecule has 126 valence electrons. The van der Waals surface area contributed by atoms with Crippen molar-refractivity contribution < 1.29 is 9.59 Å². The predicted octanol–water partition coefficient (Wildman–Crippen LogP) is 2.27. The van der Waals surface area contributed by atoms with Crippen molar-refractivity contribution in [3.8, 4) is 0 Å². The Labute approximate surface area is 145 Å². The van der Waals surface area contributed by atoms with Crippen LogP contribution in [0.3, 0.4) is 0 Å². The second-order valence-electron chi connectivity index (χ2n) is 5.50. The smallest absolute Gasteiger partial charge is 0.272 e. The molecule has 6 nitrogen and oxygen atoms in total. The average Bonchev–Trinajstić information content (AvgIpc) is 3.16. The molecule has 0 saturated carbocycles. The lowest BCUT2D eigenvalue weighted by molar-refractivity contribution is 0.0940. The maximum Gasteiger partial charge on any atom is 0.272 e. The third-order valence-corrected chi connectivity index (χ3v) is 3.65. The first-order valence-electron chi connectivity index (χ1n) is 7.92. The van der Waals surface area contributed by atoms with Crippen LogP contribution in [0.15, 0.2) is 66.7 Å². The van der Waals surface area contributed by atoms with Gasteiger partial charge < -0.3 is 10.6 Å². The highest BCUT2D eigenvalue weighted by atomic mass is 16.2. The zero-order valence-corrected chi connectivity index (χ0v) is 13.5. The Morgan fingerprint density at radius 3 is 1.88 bits per heavy atom. The van der Waals surface area contributed by atoms with E-state index < -0.39 is 0 Å². The summed E-state index contributed by atoms with van der Waals surface area (Å²) in [5.41, 5.74) is 2.42. The zero-order valence-electron chi connectivity index (χ0n) is 13.5. The quantitative estimate of drug-likeness (QED) is 0.646. The Bertz CT molecular complexity index is 774. The number of hydrogen-bond donors (Lipinski definition) is 3. The Balaban J connectivity index is 1.54. The minimum atomic E-state index is -0.331. The first-order chi connectivity index (χ1) is 12.2. The molecule has 0 fully saturated rings. The predicted molar refractivity (Wildman–Crippen MR) is 93.8 cm³/mol. The van der Waals surface area contributed by atoms with Crippen LogP contribution in [0.5, 0.6) is 0 Å². The van der Waals surface area contributed by atoms with Crippen LogP contribution < -0.4 is 10.6 Å². The van der Waals surface area contributed by atoms with Crippen molar-refractivity contribution in [2.45, 2.75) is 13.1 Å². The number of amides is 2. The number of nitrogens with one attached hydrogen (secondary N) is 3. The molecule has 2 amide bonds.